The molecule has 0 aromatic carbocycles. The molecule has 0 amide bonds. The van der Waals surface area contributed by atoms with Crippen molar-refractivity contribution in [2.24, 2.45) is 5.73 Å². The lowest BCUT2D eigenvalue weighted by molar-refractivity contribution is -0.383. The van der Waals surface area contributed by atoms with E-state index >= 15 is 0 Å². The number of aliphatic carboxylic acids is 2. The Balaban J connectivity index is 0.000000482. The fraction of sp³-hybridized carbons (Fsp3) is 0.875. The Morgan fingerprint density at radius 2 is 1.47 bits per heavy atom. The summed E-state index contributed by atoms with van der Waals surface area (Å²) in [5.74, 6) is -4.72. The van der Waals surface area contributed by atoms with E-state index in [0.717, 1.165) is 0 Å². The molecule has 2 aliphatic rings. The van der Waals surface area contributed by atoms with Crippen molar-refractivity contribution < 1.29 is 74.9 Å². The van der Waals surface area contributed by atoms with Crippen LogP contribution < -0.4 is 5.73 Å². The minimum absolute atomic E-state index is 0.532. The SMILES string of the molecule is NC(CC(=O)O)C(=O)O.OC[C@H]1O[C@@](CO)(O[C@H]2O[C@H](CO)[C@@H](O)[C@H](O)[C@H]2O)[C@@H](O)[C@@H]1O. The lowest BCUT2D eigenvalue weighted by atomic mass is 9.99. The van der Waals surface area contributed by atoms with Crippen molar-refractivity contribution >= 4 is 11.9 Å². The molecule has 12 N–H and O–H groups in total. The number of carboxylic acid groups (broad SMARTS) is 2. The number of carbonyl (C=O) groups is 2. The second-order valence-electron chi connectivity index (χ2n) is 7.10. The molecule has 2 saturated heterocycles. The molecule has 10 atom stereocenters. The van der Waals surface area contributed by atoms with E-state index in [1.807, 2.05) is 0 Å². The van der Waals surface area contributed by atoms with Crippen LogP contribution in [0.2, 0.25) is 0 Å². The second kappa shape index (κ2) is 12.1. The molecule has 2 heterocycles. The highest BCUT2D eigenvalue weighted by molar-refractivity contribution is 5.80. The molecule has 2 fully saturated rings. The van der Waals surface area contributed by atoms with Gasteiger partial charge >= 0.3 is 11.9 Å². The van der Waals surface area contributed by atoms with Gasteiger partial charge in [-0.2, -0.15) is 0 Å². The largest absolute Gasteiger partial charge is 0.481 e. The quantitative estimate of drug-likeness (QED) is 0.155. The molecule has 0 radical (unpaired) electrons. The normalized spacial score (nSPS) is 40.3. The smallest absolute Gasteiger partial charge is 0.321 e. The molecule has 1 unspecified atom stereocenters. The standard InChI is InChI=1S/C12H22O11.C4H7NO4/c13-1-4-6(16)8(18)9(19)11(21-4)23-12(3-15)10(20)7(17)5(2-14)22-12;5-2(4(8)9)1-3(6)7/h4-11,13-20H,1-3H2;2H,1,5H2,(H,6,7)(H,8,9)/t4-,5-,6-,7-,8+,9-,10+,11-,12+;/m1./s1. The molecular weight excluding hydrogens is 446 g/mol. The molecule has 16 nitrogen and oxygen atoms in total. The van der Waals surface area contributed by atoms with Crippen molar-refractivity contribution in [2.45, 2.75) is 67.3 Å². The molecule has 0 aliphatic carbocycles. The summed E-state index contributed by atoms with van der Waals surface area (Å²) in [6.45, 7) is -2.32. The summed E-state index contributed by atoms with van der Waals surface area (Å²) in [5.41, 5.74) is 4.84. The average molecular weight is 475 g/mol. The summed E-state index contributed by atoms with van der Waals surface area (Å²) in [6.07, 6.45) is -13.2. The predicted octanol–water partition coefficient (Wildman–Crippen LogP) is -6.52. The van der Waals surface area contributed by atoms with Gasteiger partial charge in [0.1, 0.15) is 55.4 Å². The highest BCUT2D eigenvalue weighted by atomic mass is 16.8. The molecule has 188 valence electrons. The zero-order chi connectivity index (χ0) is 24.8. The number of rotatable bonds is 8. The molecule has 2 aliphatic heterocycles. The van der Waals surface area contributed by atoms with Crippen LogP contribution in [0, 0.1) is 0 Å². The first kappa shape index (κ1) is 28.5. The van der Waals surface area contributed by atoms with Crippen molar-refractivity contribution in [3.8, 4) is 0 Å². The topological polar surface area (TPSA) is 290 Å². The summed E-state index contributed by atoms with van der Waals surface area (Å²) in [4.78, 5) is 19.6. The van der Waals surface area contributed by atoms with Crippen molar-refractivity contribution in [1.29, 1.82) is 0 Å². The van der Waals surface area contributed by atoms with E-state index < -0.39 is 99.0 Å². The minimum atomic E-state index is -2.22. The third-order valence-electron chi connectivity index (χ3n) is 4.78. The van der Waals surface area contributed by atoms with Gasteiger partial charge in [0.15, 0.2) is 6.29 Å². The molecular formula is C16H29NO15. The van der Waals surface area contributed by atoms with Crippen LogP contribution in [0.15, 0.2) is 0 Å². The first-order valence-corrected chi connectivity index (χ1v) is 9.29. The van der Waals surface area contributed by atoms with Crippen molar-refractivity contribution in [3.05, 3.63) is 0 Å². The summed E-state index contributed by atoms with van der Waals surface area (Å²) in [5, 5.41) is 92.7. The molecule has 0 saturated carbocycles. The first-order chi connectivity index (χ1) is 14.8. The van der Waals surface area contributed by atoms with Gasteiger partial charge in [-0.1, -0.05) is 0 Å². The Labute approximate surface area is 180 Å². The zero-order valence-electron chi connectivity index (χ0n) is 16.6. The molecule has 16 heteroatoms. The van der Waals surface area contributed by atoms with Crippen LogP contribution >= 0.6 is 0 Å². The summed E-state index contributed by atoms with van der Waals surface area (Å²) < 4.78 is 15.4. The van der Waals surface area contributed by atoms with Gasteiger partial charge in [-0.3, -0.25) is 9.59 Å². The maximum Gasteiger partial charge on any atom is 0.321 e. The van der Waals surface area contributed by atoms with Crippen LogP contribution in [0.4, 0.5) is 0 Å². The molecule has 0 aromatic rings. The first-order valence-electron chi connectivity index (χ1n) is 9.29. The van der Waals surface area contributed by atoms with E-state index in [1.54, 1.807) is 0 Å². The lowest BCUT2D eigenvalue weighted by Gasteiger charge is -2.43. The Morgan fingerprint density at radius 1 is 0.906 bits per heavy atom. The molecule has 2 rings (SSSR count). The van der Waals surface area contributed by atoms with Crippen LogP contribution in [-0.4, -0.2) is 144 Å². The van der Waals surface area contributed by atoms with Gasteiger partial charge in [-0.15, -0.1) is 0 Å². The molecule has 0 aromatic heterocycles. The van der Waals surface area contributed by atoms with Crippen LogP contribution in [-0.2, 0) is 23.8 Å². The number of ether oxygens (including phenoxy) is 3. The van der Waals surface area contributed by atoms with Gasteiger partial charge in [0.2, 0.25) is 5.79 Å². The van der Waals surface area contributed by atoms with Gasteiger partial charge in [0.25, 0.3) is 0 Å². The monoisotopic (exact) mass is 475 g/mol. The minimum Gasteiger partial charge on any atom is -0.481 e. The van der Waals surface area contributed by atoms with E-state index in [2.05, 4.69) is 0 Å². The zero-order valence-corrected chi connectivity index (χ0v) is 16.6. The molecule has 32 heavy (non-hydrogen) atoms. The van der Waals surface area contributed by atoms with Gasteiger partial charge in [-0.25, -0.2) is 0 Å². The van der Waals surface area contributed by atoms with E-state index in [1.165, 1.54) is 0 Å². The third-order valence-corrected chi connectivity index (χ3v) is 4.78. The Bertz CT molecular complexity index is 620. The predicted molar refractivity (Wildman–Crippen MR) is 96.5 cm³/mol. The highest BCUT2D eigenvalue weighted by Gasteiger charge is 2.58. The summed E-state index contributed by atoms with van der Waals surface area (Å²) in [6, 6.07) is -1.29. The van der Waals surface area contributed by atoms with Crippen LogP contribution in [0.25, 0.3) is 0 Å². The molecule has 0 spiro atoms. The van der Waals surface area contributed by atoms with Crippen LogP contribution in [0.1, 0.15) is 6.42 Å². The van der Waals surface area contributed by atoms with Crippen molar-refractivity contribution in [2.75, 3.05) is 19.8 Å². The fourth-order valence-corrected chi connectivity index (χ4v) is 2.91. The van der Waals surface area contributed by atoms with Gasteiger partial charge in [0.05, 0.1) is 19.6 Å². The van der Waals surface area contributed by atoms with E-state index in [0.29, 0.717) is 0 Å². The number of hydrogen-bond donors (Lipinski definition) is 11. The second-order valence-corrected chi connectivity index (χ2v) is 7.10. The number of hydrogen-bond acceptors (Lipinski definition) is 14. The van der Waals surface area contributed by atoms with E-state index in [9.17, 15) is 40.2 Å². The number of aliphatic hydroxyl groups excluding tert-OH is 8. The van der Waals surface area contributed by atoms with E-state index in [-0.39, 0.29) is 0 Å². The Hall–Kier alpha value is -1.54. The Kier molecular flexibility index (Phi) is 10.7. The maximum absolute atomic E-state index is 10.00. The number of aliphatic hydroxyl groups is 8. The fourth-order valence-electron chi connectivity index (χ4n) is 2.91. The van der Waals surface area contributed by atoms with Crippen molar-refractivity contribution in [1.82, 2.24) is 0 Å². The van der Waals surface area contributed by atoms with Gasteiger partial charge < -0.3 is 71.0 Å². The molecule has 0 bridgehead atoms. The Morgan fingerprint density at radius 3 is 1.84 bits per heavy atom. The van der Waals surface area contributed by atoms with Crippen LogP contribution in [0.5, 0.6) is 0 Å². The van der Waals surface area contributed by atoms with Gasteiger partial charge in [-0.05, 0) is 0 Å². The van der Waals surface area contributed by atoms with Crippen LogP contribution in [0.3, 0.4) is 0 Å². The summed E-state index contributed by atoms with van der Waals surface area (Å²) >= 11 is 0. The lowest BCUT2D eigenvalue weighted by Crippen LogP contribution is -2.62. The highest BCUT2D eigenvalue weighted by Crippen LogP contribution is 2.35. The third kappa shape index (κ3) is 6.50. The number of carboxylic acids is 2. The summed E-state index contributed by atoms with van der Waals surface area (Å²) in [7, 11) is 0. The number of nitrogens with two attached hydrogens (primary N) is 1. The van der Waals surface area contributed by atoms with Crippen molar-refractivity contribution in [3.63, 3.8) is 0 Å². The van der Waals surface area contributed by atoms with Gasteiger partial charge in [0, 0.05) is 0 Å². The average Bonchev–Trinajstić information content (AvgIpc) is 2.99. The van der Waals surface area contributed by atoms with E-state index in [4.69, 9.17) is 40.4 Å². The maximum atomic E-state index is 10.00.